The zero-order valence-corrected chi connectivity index (χ0v) is 25.0. The summed E-state index contributed by atoms with van der Waals surface area (Å²) >= 11 is -5.44. The van der Waals surface area contributed by atoms with Crippen molar-refractivity contribution in [3.8, 4) is 0 Å². The van der Waals surface area contributed by atoms with E-state index in [0.29, 0.717) is 8.19 Å². The SMILES string of the molecule is Cl.Cl.[CH2]=[Zr]([c]1ccccc1)([c]1ccccc1)([c]1ccccc1)([c]1ccc[pH]1)[CH]1C=Cc2ccccc21. The summed E-state index contributed by atoms with van der Waals surface area (Å²) in [7, 11) is 0.608. The van der Waals surface area contributed by atoms with Crippen molar-refractivity contribution in [1.29, 1.82) is 0 Å². The first-order valence-electron chi connectivity index (χ1n) is 11.9. The molecule has 0 aliphatic heterocycles. The van der Waals surface area contributed by atoms with Crippen LogP contribution >= 0.6 is 33.0 Å². The predicted octanol–water partition coefficient (Wildman–Crippen LogP) is 6.59. The molecule has 1 aliphatic rings. The van der Waals surface area contributed by atoms with Crippen molar-refractivity contribution in [2.45, 2.75) is 3.63 Å². The average molecular weight is 608 g/mol. The van der Waals surface area contributed by atoms with E-state index in [4.69, 9.17) is 4.21 Å². The number of halogens is 2. The fourth-order valence-electron chi connectivity index (χ4n) is 7.07. The van der Waals surface area contributed by atoms with Gasteiger partial charge in [0.1, 0.15) is 0 Å². The van der Waals surface area contributed by atoms with E-state index in [9.17, 15) is 0 Å². The first-order chi connectivity index (χ1) is 16.7. The van der Waals surface area contributed by atoms with Gasteiger partial charge in [-0.3, -0.25) is 0 Å². The van der Waals surface area contributed by atoms with Crippen LogP contribution in [-0.4, -0.2) is 4.21 Å². The van der Waals surface area contributed by atoms with Crippen LogP contribution in [0.5, 0.6) is 0 Å². The van der Waals surface area contributed by atoms with E-state index in [1.807, 2.05) is 0 Å². The van der Waals surface area contributed by atoms with Crippen LogP contribution in [0.25, 0.3) is 6.08 Å². The third-order valence-electron chi connectivity index (χ3n) is 8.72. The van der Waals surface area contributed by atoms with E-state index in [-0.39, 0.29) is 28.4 Å². The normalized spacial score (nSPS) is 16.3. The molecule has 181 valence electrons. The van der Waals surface area contributed by atoms with Crippen LogP contribution in [0.2, 0.25) is 0 Å². The van der Waals surface area contributed by atoms with Gasteiger partial charge in [0.15, 0.2) is 0 Å². The summed E-state index contributed by atoms with van der Waals surface area (Å²) in [5.41, 5.74) is 2.70. The molecule has 0 N–H and O–H groups in total. The molecule has 1 aromatic heterocycles. The molecule has 0 saturated heterocycles. The molecule has 2 atom stereocenters. The summed E-state index contributed by atoms with van der Waals surface area (Å²) in [6.45, 7) is 0. The number of rotatable bonds is 5. The summed E-state index contributed by atoms with van der Waals surface area (Å²) in [6.07, 6.45) is 4.81. The van der Waals surface area contributed by atoms with Crippen molar-refractivity contribution < 1.29 is 16.8 Å². The van der Waals surface area contributed by atoms with Gasteiger partial charge in [-0.15, -0.1) is 24.8 Å². The molecule has 0 nitrogen and oxygen atoms in total. The average Bonchev–Trinajstić information content (AvgIpc) is 3.62. The van der Waals surface area contributed by atoms with Gasteiger partial charge in [0.2, 0.25) is 0 Å². The molecule has 0 bridgehead atoms. The fraction of sp³-hybridized carbons (Fsp3) is 0.0312. The van der Waals surface area contributed by atoms with Crippen LogP contribution in [0.1, 0.15) is 14.8 Å². The van der Waals surface area contributed by atoms with Crippen molar-refractivity contribution in [3.63, 3.8) is 0 Å². The van der Waals surface area contributed by atoms with Crippen LogP contribution in [0.3, 0.4) is 0 Å². The van der Waals surface area contributed by atoms with Crippen LogP contribution in [-0.2, 0) is 16.8 Å². The monoisotopic (exact) mass is 605 g/mol. The molecule has 4 heteroatoms. The minimum atomic E-state index is -5.44. The molecule has 0 radical (unpaired) electrons. The van der Waals surface area contributed by atoms with Gasteiger partial charge in [0.25, 0.3) is 0 Å². The van der Waals surface area contributed by atoms with Crippen molar-refractivity contribution >= 4 is 56.1 Å². The van der Waals surface area contributed by atoms with E-state index < -0.39 is 16.8 Å². The van der Waals surface area contributed by atoms with Gasteiger partial charge in [-0.25, -0.2) is 0 Å². The van der Waals surface area contributed by atoms with Crippen LogP contribution in [0.15, 0.2) is 139 Å². The third kappa shape index (κ3) is 3.07. The minimum absolute atomic E-state index is 0. The Hall–Kier alpha value is -2.27. The van der Waals surface area contributed by atoms with E-state index in [1.54, 1.807) is 0 Å². The summed E-state index contributed by atoms with van der Waals surface area (Å²) in [5, 5.41) is 0. The summed E-state index contributed by atoms with van der Waals surface area (Å²) < 4.78 is 11.6. The molecule has 4 aromatic carbocycles. The molecule has 0 amide bonds. The Morgan fingerprint density at radius 3 is 1.50 bits per heavy atom. The zero-order chi connectivity index (χ0) is 23.1. The molecule has 36 heavy (non-hydrogen) atoms. The van der Waals surface area contributed by atoms with Gasteiger partial charge in [0, 0.05) is 0 Å². The molecule has 1 heterocycles. The van der Waals surface area contributed by atoms with Crippen molar-refractivity contribution in [2.75, 3.05) is 0 Å². The van der Waals surface area contributed by atoms with Crippen molar-refractivity contribution in [3.05, 3.63) is 150 Å². The standard InChI is InChI=1S/C9H7.3C6H5.C4H4P.CH2.2ClH.Zr/c1-2-5-9-7-3-6-8(9)4-1;3*1-2-4-6-5-3-1;1-2-4-5-3-1;;;;/h1-7H;3*1-5H;1-3,5H;1H2;2*1H;. The Labute approximate surface area is 225 Å². The first kappa shape index (κ1) is 26.8. The summed E-state index contributed by atoms with van der Waals surface area (Å²) in [6, 6.07) is 47.4. The second-order valence-corrected chi connectivity index (χ2v) is 30.4. The predicted molar refractivity (Wildman–Crippen MR) is 164 cm³/mol. The first-order valence-corrected chi connectivity index (χ1v) is 21.1. The Balaban J connectivity index is 0.00000152. The fourth-order valence-corrected chi connectivity index (χ4v) is 37.2. The number of fused-ring (bicyclic) bond motifs is 1. The number of hydrogen-bond donors (Lipinski definition) is 0. The zero-order valence-electron chi connectivity index (χ0n) is 20.0. The van der Waals surface area contributed by atoms with Crippen LogP contribution in [0, 0.1) is 0 Å². The summed E-state index contributed by atoms with van der Waals surface area (Å²) in [4.78, 5) is 0. The molecule has 2 unspecified atom stereocenters. The molecular weight excluding hydrogens is 577 g/mol. The van der Waals surface area contributed by atoms with Crippen molar-refractivity contribution in [1.82, 2.24) is 0 Å². The Morgan fingerprint density at radius 2 is 1.03 bits per heavy atom. The van der Waals surface area contributed by atoms with Crippen LogP contribution in [0.4, 0.5) is 0 Å². The van der Waals surface area contributed by atoms with Crippen LogP contribution < -0.4 is 12.8 Å². The molecular formula is C32H30Cl2PZr. The van der Waals surface area contributed by atoms with Gasteiger partial charge >= 0.3 is 202 Å². The number of benzene rings is 4. The maximum absolute atomic E-state index is 5.76. The summed E-state index contributed by atoms with van der Waals surface area (Å²) in [5.74, 6) is 2.34. The Bertz CT molecular complexity index is 1480. The van der Waals surface area contributed by atoms with E-state index >= 15 is 0 Å². The second-order valence-electron chi connectivity index (χ2n) is 9.89. The maximum atomic E-state index is 5.76. The van der Waals surface area contributed by atoms with Gasteiger partial charge < -0.3 is 0 Å². The van der Waals surface area contributed by atoms with E-state index in [0.717, 1.165) is 0 Å². The van der Waals surface area contributed by atoms with E-state index in [1.165, 1.54) is 23.9 Å². The molecule has 0 spiro atoms. The number of hydrogen-bond acceptors (Lipinski definition) is 0. The van der Waals surface area contributed by atoms with Gasteiger partial charge in [-0.2, -0.15) is 0 Å². The third-order valence-corrected chi connectivity index (χ3v) is 38.5. The molecule has 5 aromatic rings. The molecule has 0 fully saturated rings. The molecule has 0 saturated carbocycles. The van der Waals surface area contributed by atoms with Crippen molar-refractivity contribution in [2.24, 2.45) is 0 Å². The van der Waals surface area contributed by atoms with Gasteiger partial charge in [-0.1, -0.05) is 0 Å². The molecule has 6 rings (SSSR count). The number of allylic oxidation sites excluding steroid dienone is 1. The Kier molecular flexibility index (Phi) is 7.11. The van der Waals surface area contributed by atoms with Gasteiger partial charge in [0.05, 0.1) is 0 Å². The topological polar surface area (TPSA) is 0 Å². The van der Waals surface area contributed by atoms with E-state index in [2.05, 4.69) is 145 Å². The van der Waals surface area contributed by atoms with Gasteiger partial charge in [-0.05, 0) is 0 Å². The Morgan fingerprint density at radius 1 is 0.556 bits per heavy atom. The second kappa shape index (κ2) is 9.56. The molecule has 1 aliphatic carbocycles. The quantitative estimate of drug-likeness (QED) is 0.212.